The predicted octanol–water partition coefficient (Wildman–Crippen LogP) is 0.233. The average Bonchev–Trinajstić information content (AvgIpc) is 2.42. The van der Waals surface area contributed by atoms with Crippen LogP contribution in [0.25, 0.3) is 0 Å². The molecule has 0 fully saturated rings. The highest BCUT2D eigenvalue weighted by molar-refractivity contribution is 5.94. The Morgan fingerprint density at radius 2 is 1.70 bits per heavy atom. The minimum absolute atomic E-state index is 0.0776. The van der Waals surface area contributed by atoms with Crippen LogP contribution in [0.15, 0.2) is 30.3 Å². The highest BCUT2D eigenvalue weighted by Gasteiger charge is 2.32. The molecule has 0 aliphatic rings. The molecule has 108 valence electrons. The number of hydrogen-bond donors (Lipinski definition) is 3. The van der Waals surface area contributed by atoms with Gasteiger partial charge in [0.1, 0.15) is 12.6 Å². The fraction of sp³-hybridized carbons (Fsp3) is 0.308. The summed E-state index contributed by atoms with van der Waals surface area (Å²) in [4.78, 5) is 33.2. The number of carboxylic acid groups (broad SMARTS) is 2. The number of carboxylic acids is 2. The van der Waals surface area contributed by atoms with E-state index in [0.29, 0.717) is 5.56 Å². The van der Waals surface area contributed by atoms with E-state index in [0.717, 1.165) is 0 Å². The van der Waals surface area contributed by atoms with Crippen LogP contribution in [-0.2, 0) is 25.7 Å². The Bertz CT molecular complexity index is 487. The molecule has 0 saturated heterocycles. The quantitative estimate of drug-likeness (QED) is 0.482. The second-order valence-corrected chi connectivity index (χ2v) is 4.16. The molecule has 7 nitrogen and oxygen atoms in total. The lowest BCUT2D eigenvalue weighted by molar-refractivity contribution is -0.160. The second kappa shape index (κ2) is 7.25. The summed E-state index contributed by atoms with van der Waals surface area (Å²) in [5, 5.41) is 17.6. The lowest BCUT2D eigenvalue weighted by Gasteiger charge is -2.14. The summed E-state index contributed by atoms with van der Waals surface area (Å²) in [6.45, 7) is -0.0776. The molecular weight excluding hydrogens is 266 g/mol. The molecule has 0 aromatic heterocycles. The van der Waals surface area contributed by atoms with Gasteiger partial charge in [0.2, 0.25) is 0 Å². The van der Waals surface area contributed by atoms with Crippen LogP contribution in [-0.4, -0.2) is 34.2 Å². The van der Waals surface area contributed by atoms with Gasteiger partial charge in [0.05, 0.1) is 0 Å². The molecule has 20 heavy (non-hydrogen) atoms. The van der Waals surface area contributed by atoms with E-state index < -0.39 is 36.3 Å². The lowest BCUT2D eigenvalue weighted by Crippen LogP contribution is -2.37. The van der Waals surface area contributed by atoms with E-state index in [1.54, 1.807) is 30.3 Å². The van der Waals surface area contributed by atoms with Crippen LogP contribution in [0.2, 0.25) is 0 Å². The van der Waals surface area contributed by atoms with E-state index in [2.05, 4.69) is 0 Å². The van der Waals surface area contributed by atoms with Gasteiger partial charge in [-0.25, -0.2) is 0 Å². The van der Waals surface area contributed by atoms with Gasteiger partial charge < -0.3 is 20.7 Å². The molecule has 1 rings (SSSR count). The van der Waals surface area contributed by atoms with Crippen molar-refractivity contribution in [3.05, 3.63) is 35.9 Å². The lowest BCUT2D eigenvalue weighted by atomic mass is 10.0. The summed E-state index contributed by atoms with van der Waals surface area (Å²) in [5.74, 6) is -5.42. The molecule has 4 N–H and O–H groups in total. The maximum atomic E-state index is 11.7. The smallest absolute Gasteiger partial charge is 0.320 e. The number of carbonyl (C=O) groups excluding carboxylic acids is 1. The van der Waals surface area contributed by atoms with E-state index in [4.69, 9.17) is 20.7 Å². The Labute approximate surface area is 115 Å². The van der Waals surface area contributed by atoms with Gasteiger partial charge in [-0.1, -0.05) is 30.3 Å². The van der Waals surface area contributed by atoms with Crippen molar-refractivity contribution in [1.29, 1.82) is 0 Å². The molecule has 0 heterocycles. The molecular formula is C13H15NO6. The number of aliphatic carboxylic acids is 2. The summed E-state index contributed by atoms with van der Waals surface area (Å²) in [6.07, 6.45) is -0.516. The molecule has 0 aliphatic heterocycles. The number of carbonyl (C=O) groups is 3. The zero-order valence-electron chi connectivity index (χ0n) is 10.6. The number of benzene rings is 1. The molecule has 0 aliphatic carbocycles. The van der Waals surface area contributed by atoms with Gasteiger partial charge in [-0.05, 0) is 12.0 Å². The van der Waals surface area contributed by atoms with Crippen molar-refractivity contribution in [2.45, 2.75) is 19.1 Å². The average molecular weight is 281 g/mol. The van der Waals surface area contributed by atoms with Crippen molar-refractivity contribution in [3.8, 4) is 0 Å². The molecule has 1 aromatic carbocycles. The Kier molecular flexibility index (Phi) is 5.67. The third-order valence-corrected chi connectivity index (χ3v) is 2.61. The Hall–Kier alpha value is -2.41. The fourth-order valence-corrected chi connectivity index (χ4v) is 1.48. The predicted molar refractivity (Wildman–Crippen MR) is 67.6 cm³/mol. The van der Waals surface area contributed by atoms with Crippen LogP contribution < -0.4 is 5.73 Å². The largest absolute Gasteiger partial charge is 0.481 e. The first kappa shape index (κ1) is 15.6. The van der Waals surface area contributed by atoms with Crippen LogP contribution in [0.3, 0.4) is 0 Å². The van der Waals surface area contributed by atoms with E-state index in [9.17, 15) is 14.4 Å². The molecule has 7 heteroatoms. The maximum absolute atomic E-state index is 11.7. The molecule has 0 spiro atoms. The molecule has 2 atom stereocenters. The number of ether oxygens (including phenoxy) is 1. The highest BCUT2D eigenvalue weighted by Crippen LogP contribution is 2.11. The van der Waals surface area contributed by atoms with Crippen molar-refractivity contribution in [3.63, 3.8) is 0 Å². The van der Waals surface area contributed by atoms with Gasteiger partial charge in [-0.2, -0.15) is 0 Å². The van der Waals surface area contributed by atoms with Crippen molar-refractivity contribution in [1.82, 2.24) is 0 Å². The van der Waals surface area contributed by atoms with Crippen LogP contribution in [0.4, 0.5) is 0 Å². The zero-order chi connectivity index (χ0) is 15.1. The van der Waals surface area contributed by atoms with Crippen LogP contribution >= 0.6 is 0 Å². The number of nitrogens with two attached hydrogens (primary N) is 1. The third kappa shape index (κ3) is 4.69. The van der Waals surface area contributed by atoms with Crippen LogP contribution in [0.5, 0.6) is 0 Å². The highest BCUT2D eigenvalue weighted by atomic mass is 16.5. The van der Waals surface area contributed by atoms with Crippen molar-refractivity contribution in [2.75, 3.05) is 0 Å². The van der Waals surface area contributed by atoms with E-state index in [1.807, 2.05) is 0 Å². The maximum Gasteiger partial charge on any atom is 0.320 e. The summed E-state index contributed by atoms with van der Waals surface area (Å²) >= 11 is 0. The summed E-state index contributed by atoms with van der Waals surface area (Å²) in [7, 11) is 0. The fourth-order valence-electron chi connectivity index (χ4n) is 1.48. The van der Waals surface area contributed by atoms with Crippen LogP contribution in [0.1, 0.15) is 12.0 Å². The molecule has 0 radical (unpaired) electrons. The van der Waals surface area contributed by atoms with Crippen molar-refractivity contribution < 1.29 is 29.3 Å². The SMILES string of the molecule is N[C@@H](CC(C(=O)O)C(=O)OCc1ccccc1)C(=O)O. The van der Waals surface area contributed by atoms with Crippen molar-refractivity contribution in [2.24, 2.45) is 11.7 Å². The van der Waals surface area contributed by atoms with Crippen molar-refractivity contribution >= 4 is 17.9 Å². The second-order valence-electron chi connectivity index (χ2n) is 4.16. The summed E-state index contributed by atoms with van der Waals surface area (Å²) in [6, 6.07) is 7.28. The third-order valence-electron chi connectivity index (χ3n) is 2.61. The van der Waals surface area contributed by atoms with Crippen LogP contribution in [0, 0.1) is 5.92 Å². The van der Waals surface area contributed by atoms with E-state index in [1.165, 1.54) is 0 Å². The molecule has 1 unspecified atom stereocenters. The van der Waals surface area contributed by atoms with Gasteiger partial charge in [0, 0.05) is 0 Å². The topological polar surface area (TPSA) is 127 Å². The Balaban J connectivity index is 2.61. The summed E-state index contributed by atoms with van der Waals surface area (Å²) in [5.41, 5.74) is 5.93. The molecule has 0 saturated carbocycles. The van der Waals surface area contributed by atoms with Gasteiger partial charge >= 0.3 is 17.9 Å². The number of rotatable bonds is 7. The Morgan fingerprint density at radius 3 is 2.20 bits per heavy atom. The Morgan fingerprint density at radius 1 is 1.10 bits per heavy atom. The molecule has 0 bridgehead atoms. The van der Waals surface area contributed by atoms with E-state index in [-0.39, 0.29) is 6.61 Å². The van der Waals surface area contributed by atoms with Gasteiger partial charge in [-0.3, -0.25) is 14.4 Å². The minimum Gasteiger partial charge on any atom is -0.481 e. The molecule has 0 amide bonds. The summed E-state index contributed by atoms with van der Waals surface area (Å²) < 4.78 is 4.86. The van der Waals surface area contributed by atoms with E-state index >= 15 is 0 Å². The number of hydrogen-bond acceptors (Lipinski definition) is 5. The first-order chi connectivity index (χ1) is 9.41. The first-order valence-electron chi connectivity index (χ1n) is 5.83. The van der Waals surface area contributed by atoms with Gasteiger partial charge in [-0.15, -0.1) is 0 Å². The standard InChI is InChI=1S/C13H15NO6/c14-10(12(17)18)6-9(11(15)16)13(19)20-7-8-4-2-1-3-5-8/h1-5,9-10H,6-7,14H2,(H,15,16)(H,17,18)/t9?,10-/m0/s1. The van der Waals surface area contributed by atoms with Gasteiger partial charge in [0.25, 0.3) is 0 Å². The minimum atomic E-state index is -1.59. The number of esters is 1. The zero-order valence-corrected chi connectivity index (χ0v) is 10.6. The first-order valence-corrected chi connectivity index (χ1v) is 5.83. The van der Waals surface area contributed by atoms with Gasteiger partial charge in [0.15, 0.2) is 5.92 Å². The normalized spacial score (nSPS) is 13.2. The molecule has 1 aromatic rings. The monoisotopic (exact) mass is 281 g/mol.